The molecule has 1 aliphatic rings. The third kappa shape index (κ3) is 5.85. The first-order valence-corrected chi connectivity index (χ1v) is 15.5. The fraction of sp³-hybridized carbons (Fsp3) is 0.0968. The Hall–Kier alpha value is -4.32. The maximum atomic E-state index is 13.6. The van der Waals surface area contributed by atoms with E-state index in [2.05, 4.69) is 10.2 Å². The molecule has 6 rings (SSSR count). The number of benzene rings is 3. The van der Waals surface area contributed by atoms with Crippen molar-refractivity contribution < 1.29 is 23.8 Å². The fourth-order valence-electron chi connectivity index (χ4n) is 4.46. The topological polar surface area (TPSA) is 92.6 Å². The highest BCUT2D eigenvalue weighted by molar-refractivity contribution is 8.00. The van der Waals surface area contributed by atoms with Gasteiger partial charge in [-0.25, -0.2) is 4.39 Å². The summed E-state index contributed by atoms with van der Waals surface area (Å²) in [6, 6.07) is 25.5. The largest absolute Gasteiger partial charge is 0.503 e. The molecule has 1 aliphatic heterocycles. The van der Waals surface area contributed by atoms with Crippen molar-refractivity contribution >= 4 is 51.3 Å². The number of amides is 1. The van der Waals surface area contributed by atoms with Crippen LogP contribution in [0, 0.1) is 5.82 Å². The zero-order valence-corrected chi connectivity index (χ0v) is 24.3. The van der Waals surface area contributed by atoms with Crippen LogP contribution in [-0.2, 0) is 17.2 Å². The second-order valence-electron chi connectivity index (χ2n) is 9.26. The zero-order valence-electron chi connectivity index (χ0n) is 21.8. The maximum absolute atomic E-state index is 13.6. The molecule has 5 aromatic rings. The first kappa shape index (κ1) is 27.8. The van der Waals surface area contributed by atoms with Gasteiger partial charge in [0.1, 0.15) is 18.2 Å². The molecule has 0 bridgehead atoms. The van der Waals surface area contributed by atoms with Crippen LogP contribution in [0.1, 0.15) is 32.4 Å². The molecule has 2 aromatic heterocycles. The van der Waals surface area contributed by atoms with Gasteiger partial charge in [0.15, 0.2) is 10.1 Å². The molecule has 7 nitrogen and oxygen atoms in total. The summed E-state index contributed by atoms with van der Waals surface area (Å²) in [5, 5.41) is 21.5. The molecule has 0 fully saturated rings. The molecule has 0 spiro atoms. The third-order valence-electron chi connectivity index (χ3n) is 6.52. The number of hydrogen-bond donors (Lipinski definition) is 1. The Bertz CT molecular complexity index is 1740. The summed E-state index contributed by atoms with van der Waals surface area (Å²) in [4.78, 5) is 28.8. The number of thiophene rings is 1. The first-order chi connectivity index (χ1) is 20.5. The minimum absolute atomic E-state index is 0.0175. The third-order valence-corrected chi connectivity index (χ3v) is 9.51. The molecule has 3 heterocycles. The Kier molecular flexibility index (Phi) is 8.13. The molecule has 0 radical (unpaired) electrons. The molecular formula is C31H22FN3O4S3. The predicted octanol–water partition coefficient (Wildman–Crippen LogP) is 7.39. The monoisotopic (exact) mass is 615 g/mol. The molecular weight excluding hydrogens is 594 g/mol. The van der Waals surface area contributed by atoms with Gasteiger partial charge in [-0.15, -0.1) is 21.5 Å². The van der Waals surface area contributed by atoms with Crippen LogP contribution in [0.4, 0.5) is 9.52 Å². The minimum atomic E-state index is -0.918. The van der Waals surface area contributed by atoms with Gasteiger partial charge in [0.05, 0.1) is 16.5 Å². The smallest absolute Gasteiger partial charge is 0.296 e. The molecule has 42 heavy (non-hydrogen) atoms. The number of rotatable bonds is 10. The van der Waals surface area contributed by atoms with Crippen molar-refractivity contribution in [1.29, 1.82) is 0 Å². The normalized spacial score (nSPS) is 14.9. The van der Waals surface area contributed by atoms with Gasteiger partial charge in [-0.1, -0.05) is 83.8 Å². The van der Waals surface area contributed by atoms with Gasteiger partial charge in [-0.3, -0.25) is 14.5 Å². The molecule has 0 saturated heterocycles. The van der Waals surface area contributed by atoms with Crippen molar-refractivity contribution in [2.24, 2.45) is 0 Å². The fourth-order valence-corrected chi connectivity index (χ4v) is 6.96. The molecule has 210 valence electrons. The van der Waals surface area contributed by atoms with Crippen molar-refractivity contribution in [3.63, 3.8) is 0 Å². The number of thioether (sulfide) groups is 1. The summed E-state index contributed by atoms with van der Waals surface area (Å²) in [5.41, 5.74) is 2.52. The Balaban J connectivity index is 1.28. The van der Waals surface area contributed by atoms with Crippen molar-refractivity contribution in [1.82, 2.24) is 10.2 Å². The lowest BCUT2D eigenvalue weighted by Gasteiger charge is -2.24. The standard InChI is InChI=1S/C31H22FN3O4S3/c32-22-12-8-20(9-13-22)18-41-31-34-33-30(42-31)35-26(25(28(37)29(35)38)27(36)24-7-4-16-40-24)21-10-14-23(15-11-21)39-17-19-5-2-1-3-6-19/h1-16,26,37H,17-18H2. The number of Topliss-reactive ketones (excluding diaryl/α,β-unsaturated/α-hetero) is 1. The number of ether oxygens (including phenoxy) is 1. The summed E-state index contributed by atoms with van der Waals surface area (Å²) in [5.74, 6) is -0.926. The van der Waals surface area contributed by atoms with Crippen LogP contribution in [0.25, 0.3) is 0 Å². The van der Waals surface area contributed by atoms with E-state index in [1.54, 1.807) is 53.9 Å². The van der Waals surface area contributed by atoms with Crippen LogP contribution in [0.3, 0.4) is 0 Å². The van der Waals surface area contributed by atoms with Crippen LogP contribution in [0.2, 0.25) is 0 Å². The Morgan fingerprint density at radius 1 is 0.952 bits per heavy atom. The number of carbonyl (C=O) groups excluding carboxylic acids is 2. The number of nitrogens with zero attached hydrogens (tertiary/aromatic N) is 3. The van der Waals surface area contributed by atoms with Crippen molar-refractivity contribution in [3.05, 3.63) is 135 Å². The van der Waals surface area contributed by atoms with Gasteiger partial charge in [0, 0.05) is 5.75 Å². The van der Waals surface area contributed by atoms with Crippen LogP contribution in [-0.4, -0.2) is 27.0 Å². The number of carbonyl (C=O) groups is 2. The van der Waals surface area contributed by atoms with Crippen molar-refractivity contribution in [3.8, 4) is 5.75 Å². The quantitative estimate of drug-likeness (QED) is 0.0995. The molecule has 1 atom stereocenters. The predicted molar refractivity (Wildman–Crippen MR) is 162 cm³/mol. The van der Waals surface area contributed by atoms with Crippen LogP contribution in [0.5, 0.6) is 5.75 Å². The zero-order chi connectivity index (χ0) is 29.1. The van der Waals surface area contributed by atoms with E-state index >= 15 is 0 Å². The number of aliphatic hydroxyl groups excluding tert-OH is 1. The van der Waals surface area contributed by atoms with E-state index in [4.69, 9.17) is 4.74 Å². The molecule has 1 N–H and O–H groups in total. The SMILES string of the molecule is O=C(C1=C(O)C(=O)N(c2nnc(SCc3ccc(F)cc3)s2)C1c1ccc(OCc2ccccc2)cc1)c1cccs1. The van der Waals surface area contributed by atoms with E-state index in [0.29, 0.717) is 32.9 Å². The van der Waals surface area contributed by atoms with Gasteiger partial charge in [0.2, 0.25) is 10.9 Å². The lowest BCUT2D eigenvalue weighted by atomic mass is 9.95. The molecule has 3 aromatic carbocycles. The van der Waals surface area contributed by atoms with E-state index in [0.717, 1.165) is 11.1 Å². The van der Waals surface area contributed by atoms with Crippen molar-refractivity contribution in [2.45, 2.75) is 22.7 Å². The highest BCUT2D eigenvalue weighted by atomic mass is 32.2. The summed E-state index contributed by atoms with van der Waals surface area (Å²) in [6.07, 6.45) is 0. The Labute approximate surface area is 252 Å². The van der Waals surface area contributed by atoms with E-state index in [-0.39, 0.29) is 16.5 Å². The highest BCUT2D eigenvalue weighted by Gasteiger charge is 2.46. The molecule has 0 aliphatic carbocycles. The van der Waals surface area contributed by atoms with Crippen LogP contribution in [0.15, 0.2) is 112 Å². The number of aromatic nitrogens is 2. The Morgan fingerprint density at radius 2 is 1.71 bits per heavy atom. The van der Waals surface area contributed by atoms with Gasteiger partial charge in [-0.05, 0) is 52.4 Å². The Morgan fingerprint density at radius 3 is 2.43 bits per heavy atom. The summed E-state index contributed by atoms with van der Waals surface area (Å²) < 4.78 is 19.8. The maximum Gasteiger partial charge on any atom is 0.296 e. The molecule has 0 saturated carbocycles. The summed E-state index contributed by atoms with van der Waals surface area (Å²) in [7, 11) is 0. The second kappa shape index (κ2) is 12.3. The highest BCUT2D eigenvalue weighted by Crippen LogP contribution is 2.44. The van der Waals surface area contributed by atoms with E-state index < -0.39 is 23.5 Å². The van der Waals surface area contributed by atoms with Crippen LogP contribution >= 0.6 is 34.4 Å². The first-order valence-electron chi connectivity index (χ1n) is 12.8. The average Bonchev–Trinajstić information content (AvgIpc) is 3.77. The lowest BCUT2D eigenvalue weighted by Crippen LogP contribution is -2.31. The molecule has 1 amide bonds. The van der Waals surface area contributed by atoms with Gasteiger partial charge < -0.3 is 9.84 Å². The van der Waals surface area contributed by atoms with E-state index in [1.807, 2.05) is 30.3 Å². The van der Waals surface area contributed by atoms with E-state index in [9.17, 15) is 19.1 Å². The second-order valence-corrected chi connectivity index (χ2v) is 12.4. The molecule has 11 heteroatoms. The summed E-state index contributed by atoms with van der Waals surface area (Å²) >= 11 is 3.81. The van der Waals surface area contributed by atoms with Gasteiger partial charge in [-0.2, -0.15) is 0 Å². The molecule has 1 unspecified atom stereocenters. The van der Waals surface area contributed by atoms with Gasteiger partial charge >= 0.3 is 0 Å². The number of anilines is 1. The van der Waals surface area contributed by atoms with Gasteiger partial charge in [0.25, 0.3) is 5.91 Å². The average molecular weight is 616 g/mol. The number of hydrogen-bond acceptors (Lipinski definition) is 9. The number of halogens is 1. The number of ketones is 1. The van der Waals surface area contributed by atoms with E-state index in [1.165, 1.54) is 51.5 Å². The summed E-state index contributed by atoms with van der Waals surface area (Å²) in [6.45, 7) is 0.389. The lowest BCUT2D eigenvalue weighted by molar-refractivity contribution is -0.117. The van der Waals surface area contributed by atoms with Crippen LogP contribution < -0.4 is 9.64 Å². The number of aliphatic hydroxyl groups is 1. The van der Waals surface area contributed by atoms with Crippen molar-refractivity contribution in [2.75, 3.05) is 4.90 Å². The minimum Gasteiger partial charge on any atom is -0.503 e.